The molecule has 8 nitrogen and oxygen atoms in total. The molecular formula is C23H21NO7. The minimum Gasteiger partial charge on any atom is -0.497 e. The van der Waals surface area contributed by atoms with Gasteiger partial charge in [0.15, 0.2) is 0 Å². The number of rotatable bonds is 6. The molecule has 0 aliphatic carbocycles. The first-order chi connectivity index (χ1) is 15.0. The van der Waals surface area contributed by atoms with Gasteiger partial charge in [-0.05, 0) is 55.3 Å². The molecule has 0 bridgehead atoms. The van der Waals surface area contributed by atoms with E-state index in [0.29, 0.717) is 29.9 Å². The second-order valence-electron chi connectivity index (χ2n) is 7.11. The van der Waals surface area contributed by atoms with E-state index in [1.807, 2.05) is 0 Å². The monoisotopic (exact) mass is 423 g/mol. The van der Waals surface area contributed by atoms with E-state index in [9.17, 15) is 14.4 Å². The predicted molar refractivity (Wildman–Crippen MR) is 112 cm³/mol. The van der Waals surface area contributed by atoms with Gasteiger partial charge in [-0.3, -0.25) is 4.79 Å². The molecule has 8 heteroatoms. The number of benzene rings is 2. The Morgan fingerprint density at radius 1 is 1.10 bits per heavy atom. The molecule has 160 valence electrons. The summed E-state index contributed by atoms with van der Waals surface area (Å²) in [5.41, 5.74) is -0.300. The van der Waals surface area contributed by atoms with Crippen molar-refractivity contribution in [2.75, 3.05) is 20.3 Å². The molecule has 1 atom stereocenters. The third-order valence-corrected chi connectivity index (χ3v) is 5.00. The average Bonchev–Trinajstić information content (AvgIpc) is 3.30. The lowest BCUT2D eigenvalue weighted by atomic mass is 10.1. The van der Waals surface area contributed by atoms with Crippen molar-refractivity contribution in [3.63, 3.8) is 0 Å². The summed E-state index contributed by atoms with van der Waals surface area (Å²) in [5, 5.41) is 3.24. The molecule has 1 amide bonds. The van der Waals surface area contributed by atoms with E-state index < -0.39 is 17.5 Å². The number of hydrogen-bond acceptors (Lipinski definition) is 7. The van der Waals surface area contributed by atoms with Crippen molar-refractivity contribution in [2.24, 2.45) is 0 Å². The first-order valence-electron chi connectivity index (χ1n) is 9.87. The molecule has 1 aromatic heterocycles. The highest BCUT2D eigenvalue weighted by atomic mass is 16.5. The van der Waals surface area contributed by atoms with Crippen LogP contribution in [0.15, 0.2) is 57.7 Å². The zero-order valence-electron chi connectivity index (χ0n) is 16.9. The number of nitrogens with one attached hydrogen (secondary N) is 1. The maximum Gasteiger partial charge on any atom is 0.349 e. The van der Waals surface area contributed by atoms with Crippen LogP contribution in [-0.4, -0.2) is 38.2 Å². The Morgan fingerprint density at radius 2 is 1.87 bits per heavy atom. The fourth-order valence-electron chi connectivity index (χ4n) is 3.31. The fourth-order valence-corrected chi connectivity index (χ4v) is 3.31. The number of amides is 1. The van der Waals surface area contributed by atoms with Gasteiger partial charge in [0, 0.05) is 24.6 Å². The van der Waals surface area contributed by atoms with Gasteiger partial charge in [-0.2, -0.15) is 0 Å². The van der Waals surface area contributed by atoms with Gasteiger partial charge in [-0.15, -0.1) is 0 Å². The third-order valence-electron chi connectivity index (χ3n) is 5.00. The van der Waals surface area contributed by atoms with E-state index >= 15 is 0 Å². The number of esters is 1. The standard InChI is InChI=1S/C23H21NO7/c1-28-16-7-4-14(5-8-16)22(26)30-17-9-6-15-11-19(23(27)31-20(15)12-17)21(25)24-13-18-3-2-10-29-18/h4-9,11-12,18H,2-3,10,13H2,1H3,(H,24,25). The number of ether oxygens (including phenoxy) is 3. The summed E-state index contributed by atoms with van der Waals surface area (Å²) < 4.78 is 21.2. The zero-order chi connectivity index (χ0) is 21.8. The summed E-state index contributed by atoms with van der Waals surface area (Å²) in [6.45, 7) is 1.03. The van der Waals surface area contributed by atoms with Gasteiger partial charge in [0.2, 0.25) is 0 Å². The van der Waals surface area contributed by atoms with E-state index in [1.165, 1.54) is 19.2 Å². The lowest BCUT2D eigenvalue weighted by Crippen LogP contribution is -2.34. The van der Waals surface area contributed by atoms with E-state index in [2.05, 4.69) is 5.32 Å². The minimum atomic E-state index is -0.768. The van der Waals surface area contributed by atoms with Crippen molar-refractivity contribution in [2.45, 2.75) is 18.9 Å². The van der Waals surface area contributed by atoms with Crippen LogP contribution in [-0.2, 0) is 4.74 Å². The topological polar surface area (TPSA) is 104 Å². The molecule has 2 heterocycles. The highest BCUT2D eigenvalue weighted by Crippen LogP contribution is 2.22. The molecular weight excluding hydrogens is 402 g/mol. The summed E-state index contributed by atoms with van der Waals surface area (Å²) in [7, 11) is 1.54. The number of carbonyl (C=O) groups is 2. The first-order valence-corrected chi connectivity index (χ1v) is 9.87. The largest absolute Gasteiger partial charge is 0.497 e. The Morgan fingerprint density at radius 3 is 2.58 bits per heavy atom. The van der Waals surface area contributed by atoms with Crippen LogP contribution in [0, 0.1) is 0 Å². The molecule has 0 spiro atoms. The van der Waals surface area contributed by atoms with Crippen LogP contribution in [0.4, 0.5) is 0 Å². The summed E-state index contributed by atoms with van der Waals surface area (Å²) in [6, 6.07) is 12.6. The van der Waals surface area contributed by atoms with Gasteiger partial charge in [0.1, 0.15) is 22.6 Å². The van der Waals surface area contributed by atoms with Crippen LogP contribution in [0.1, 0.15) is 33.6 Å². The van der Waals surface area contributed by atoms with Crippen LogP contribution < -0.4 is 20.4 Å². The van der Waals surface area contributed by atoms with Gasteiger partial charge in [0.25, 0.3) is 5.91 Å². The van der Waals surface area contributed by atoms with Crippen molar-refractivity contribution < 1.29 is 28.2 Å². The lowest BCUT2D eigenvalue weighted by molar-refractivity contribution is 0.0734. The minimum absolute atomic E-state index is 0.0283. The Labute approximate surface area is 177 Å². The zero-order valence-corrected chi connectivity index (χ0v) is 16.9. The normalized spacial score (nSPS) is 15.6. The highest BCUT2D eigenvalue weighted by Gasteiger charge is 2.19. The summed E-state index contributed by atoms with van der Waals surface area (Å²) in [6.07, 6.45) is 1.81. The number of hydrogen-bond donors (Lipinski definition) is 1. The molecule has 1 aliphatic rings. The summed E-state index contributed by atoms with van der Waals surface area (Å²) in [4.78, 5) is 37.0. The number of carbonyl (C=O) groups excluding carboxylic acids is 2. The Kier molecular flexibility index (Phi) is 5.99. The second-order valence-corrected chi connectivity index (χ2v) is 7.11. The van der Waals surface area contributed by atoms with Gasteiger partial charge in [-0.25, -0.2) is 9.59 Å². The fraction of sp³-hybridized carbons (Fsp3) is 0.261. The quantitative estimate of drug-likeness (QED) is 0.369. The van der Waals surface area contributed by atoms with Crippen LogP contribution in [0.25, 0.3) is 11.0 Å². The van der Waals surface area contributed by atoms with Gasteiger partial charge in [0.05, 0.1) is 18.8 Å². The molecule has 1 saturated heterocycles. The molecule has 4 rings (SSSR count). The third kappa shape index (κ3) is 4.75. The molecule has 31 heavy (non-hydrogen) atoms. The summed E-state index contributed by atoms with van der Waals surface area (Å²) in [5.74, 6) is -0.234. The van der Waals surface area contributed by atoms with Crippen molar-refractivity contribution in [3.05, 3.63) is 70.1 Å². The Balaban J connectivity index is 1.48. The van der Waals surface area contributed by atoms with Crippen molar-refractivity contribution >= 4 is 22.8 Å². The highest BCUT2D eigenvalue weighted by molar-refractivity contribution is 5.97. The molecule has 0 saturated carbocycles. The molecule has 3 aromatic rings. The smallest absolute Gasteiger partial charge is 0.349 e. The molecule has 0 radical (unpaired) electrons. The maximum absolute atomic E-state index is 12.4. The van der Waals surface area contributed by atoms with Crippen LogP contribution in [0.3, 0.4) is 0 Å². The Bertz CT molecular complexity index is 1160. The molecule has 1 aliphatic heterocycles. The maximum atomic E-state index is 12.4. The van der Waals surface area contributed by atoms with E-state index in [1.54, 1.807) is 36.4 Å². The van der Waals surface area contributed by atoms with E-state index in [-0.39, 0.29) is 23.0 Å². The van der Waals surface area contributed by atoms with E-state index in [4.69, 9.17) is 18.6 Å². The molecule has 1 N–H and O–H groups in total. The first kappa shape index (κ1) is 20.6. The van der Waals surface area contributed by atoms with Crippen molar-refractivity contribution in [1.29, 1.82) is 0 Å². The van der Waals surface area contributed by atoms with Gasteiger partial charge in [-0.1, -0.05) is 0 Å². The number of methoxy groups -OCH3 is 1. The van der Waals surface area contributed by atoms with Crippen LogP contribution >= 0.6 is 0 Å². The number of fused-ring (bicyclic) bond motifs is 1. The predicted octanol–water partition coefficient (Wildman–Crippen LogP) is 2.93. The van der Waals surface area contributed by atoms with Gasteiger partial charge >= 0.3 is 11.6 Å². The molecule has 2 aromatic carbocycles. The van der Waals surface area contributed by atoms with Crippen LogP contribution in [0.2, 0.25) is 0 Å². The molecule has 1 unspecified atom stereocenters. The lowest BCUT2D eigenvalue weighted by Gasteiger charge is -2.10. The van der Waals surface area contributed by atoms with Crippen molar-refractivity contribution in [3.8, 4) is 11.5 Å². The Hall–Kier alpha value is -3.65. The van der Waals surface area contributed by atoms with Crippen LogP contribution in [0.5, 0.6) is 11.5 Å². The SMILES string of the molecule is COc1ccc(C(=O)Oc2ccc3cc(C(=O)NCC4CCCO4)c(=O)oc3c2)cc1. The average molecular weight is 423 g/mol. The van der Waals surface area contributed by atoms with Crippen molar-refractivity contribution in [1.82, 2.24) is 5.32 Å². The van der Waals surface area contributed by atoms with E-state index in [0.717, 1.165) is 12.8 Å². The van der Waals surface area contributed by atoms with Gasteiger partial charge < -0.3 is 23.9 Å². The molecule has 1 fully saturated rings. The summed E-state index contributed by atoms with van der Waals surface area (Å²) >= 11 is 0. The second kappa shape index (κ2) is 9.01.